The van der Waals surface area contributed by atoms with Gasteiger partial charge in [-0.25, -0.2) is 19.1 Å². The molecule has 1 saturated heterocycles. The Balaban J connectivity index is 1.34. The van der Waals surface area contributed by atoms with E-state index in [0.717, 1.165) is 5.56 Å². The summed E-state index contributed by atoms with van der Waals surface area (Å²) in [5.41, 5.74) is 1.37. The number of phosphoric ester groups is 1. The molecule has 2 heterocycles. The van der Waals surface area contributed by atoms with Gasteiger partial charge in [-0.2, -0.15) is 0 Å². The number of nitrogens with one attached hydrogen (secondary N) is 5. The van der Waals surface area contributed by atoms with E-state index < -0.39 is 56.3 Å². The Morgan fingerprint density at radius 2 is 1.66 bits per heavy atom. The molecule has 0 bridgehead atoms. The lowest BCUT2D eigenvalue weighted by Crippen LogP contribution is -2.53. The summed E-state index contributed by atoms with van der Waals surface area (Å²) < 4.78 is 20.2. The van der Waals surface area contributed by atoms with Gasteiger partial charge in [0, 0.05) is 57.6 Å². The van der Waals surface area contributed by atoms with Gasteiger partial charge in [-0.15, -0.1) is 0 Å². The third kappa shape index (κ3) is 14.7. The molecule has 0 saturated carbocycles. The number of amides is 4. The van der Waals surface area contributed by atoms with E-state index in [2.05, 4.69) is 35.8 Å². The van der Waals surface area contributed by atoms with Crippen LogP contribution in [0, 0.1) is 0 Å². The molecule has 2 aromatic rings. The summed E-state index contributed by atoms with van der Waals surface area (Å²) in [4.78, 5) is 89.3. The zero-order chi connectivity index (χ0) is 34.2. The summed E-state index contributed by atoms with van der Waals surface area (Å²) in [7, 11) is -4.89. The number of aromatic nitrogens is 2. The van der Waals surface area contributed by atoms with E-state index in [1.54, 1.807) is 17.0 Å². The number of carboxylic acid groups (broad SMARTS) is 1. The Kier molecular flexibility index (Phi) is 14.7. The SMILES string of the molecule is O=C(CNC(=O)[C@H](Cc1cnc[nH]1)NC(=O)OCc1ccccc1)NCCN1CCN(CC(=O)N[C@@H](COP(=O)(O)O)C(=O)O)CC1. The first-order chi connectivity index (χ1) is 22.4. The number of benzene rings is 1. The smallest absolute Gasteiger partial charge is 0.469 e. The molecule has 258 valence electrons. The van der Waals surface area contributed by atoms with Crippen LogP contribution in [-0.4, -0.2) is 135 Å². The number of hydrogen-bond donors (Lipinski definition) is 8. The minimum atomic E-state index is -4.89. The Morgan fingerprint density at radius 1 is 0.957 bits per heavy atom. The molecule has 47 heavy (non-hydrogen) atoms. The number of imidazole rings is 1. The summed E-state index contributed by atoms with van der Waals surface area (Å²) in [5.74, 6) is -3.16. The number of hydrogen-bond acceptors (Lipinski definition) is 11. The zero-order valence-corrected chi connectivity index (χ0v) is 26.3. The van der Waals surface area contributed by atoms with E-state index in [9.17, 15) is 28.5 Å². The van der Waals surface area contributed by atoms with Crippen LogP contribution < -0.4 is 21.3 Å². The summed E-state index contributed by atoms with van der Waals surface area (Å²) in [6.45, 7) is 1.55. The Hall–Kier alpha value is -4.39. The first-order valence-corrected chi connectivity index (χ1v) is 16.1. The van der Waals surface area contributed by atoms with Gasteiger partial charge in [0.15, 0.2) is 6.04 Å². The molecule has 0 aliphatic carbocycles. The first-order valence-electron chi connectivity index (χ1n) is 14.5. The van der Waals surface area contributed by atoms with Crippen molar-refractivity contribution in [3.05, 3.63) is 54.1 Å². The van der Waals surface area contributed by atoms with Crippen molar-refractivity contribution in [3.63, 3.8) is 0 Å². The van der Waals surface area contributed by atoms with Crippen LogP contribution in [0.15, 0.2) is 42.9 Å². The highest BCUT2D eigenvalue weighted by molar-refractivity contribution is 7.46. The fraction of sp³-hybridized carbons (Fsp3) is 0.481. The Labute approximate surface area is 269 Å². The van der Waals surface area contributed by atoms with E-state index in [0.29, 0.717) is 38.4 Å². The van der Waals surface area contributed by atoms with Gasteiger partial charge in [0.2, 0.25) is 17.7 Å². The standard InChI is InChI=1S/C27H39N8O11P/c36-23(14-30-25(38)21(12-20-13-28-18-31-20)33-27(41)45-16-19-4-2-1-3-5-19)29-6-7-34-8-10-35(11-9-34)15-24(37)32-22(26(39)40)17-46-47(42,43)44/h1-5,13,18,21-22H,6-12,14-17H2,(H,28,31)(H,29,36)(H,30,38)(H,32,37)(H,33,41)(H,39,40)(H2,42,43,44)/t21-,22-/m0/s1. The van der Waals surface area contributed by atoms with Crippen molar-refractivity contribution in [2.75, 3.05) is 59.0 Å². The number of carbonyl (C=O) groups excluding carboxylic acids is 4. The number of ether oxygens (including phenoxy) is 1. The number of nitrogens with zero attached hydrogens (tertiary/aromatic N) is 3. The molecule has 1 aliphatic heterocycles. The lowest BCUT2D eigenvalue weighted by Gasteiger charge is -2.34. The highest BCUT2D eigenvalue weighted by Gasteiger charge is 2.27. The van der Waals surface area contributed by atoms with Gasteiger partial charge in [-0.1, -0.05) is 30.3 Å². The third-order valence-corrected chi connectivity index (χ3v) is 7.33. The topological polar surface area (TPSA) is 265 Å². The van der Waals surface area contributed by atoms with E-state index in [1.807, 2.05) is 23.1 Å². The normalized spacial score (nSPS) is 15.2. The molecule has 3 rings (SSSR count). The van der Waals surface area contributed by atoms with Gasteiger partial charge in [0.25, 0.3) is 0 Å². The summed E-state index contributed by atoms with van der Waals surface area (Å²) in [6.07, 6.45) is 2.25. The maximum atomic E-state index is 12.9. The molecular formula is C27H39N8O11P. The molecule has 4 amide bonds. The first kappa shape index (κ1) is 37.1. The summed E-state index contributed by atoms with van der Waals surface area (Å²) >= 11 is 0. The molecule has 1 aromatic heterocycles. The number of H-pyrrole nitrogens is 1. The number of phosphoric acid groups is 1. The minimum absolute atomic E-state index is 0.0187. The second-order valence-electron chi connectivity index (χ2n) is 10.5. The molecule has 2 atom stereocenters. The van der Waals surface area contributed by atoms with E-state index >= 15 is 0 Å². The second-order valence-corrected chi connectivity index (χ2v) is 11.7. The van der Waals surface area contributed by atoms with Gasteiger partial charge < -0.3 is 45.9 Å². The average Bonchev–Trinajstić information content (AvgIpc) is 3.54. The molecule has 20 heteroatoms. The number of rotatable bonds is 18. The molecule has 0 spiro atoms. The molecule has 1 aromatic carbocycles. The predicted molar refractivity (Wildman–Crippen MR) is 162 cm³/mol. The molecule has 1 aliphatic rings. The zero-order valence-electron chi connectivity index (χ0n) is 25.4. The van der Waals surface area contributed by atoms with Gasteiger partial charge in [0.05, 0.1) is 26.0 Å². The quantitative estimate of drug-likeness (QED) is 0.0775. The molecular weight excluding hydrogens is 643 g/mol. The summed E-state index contributed by atoms with van der Waals surface area (Å²) in [6, 6.07) is 6.39. The van der Waals surface area contributed by atoms with Crippen molar-refractivity contribution < 1.29 is 52.7 Å². The number of alkyl carbamates (subject to hydrolysis) is 1. The molecule has 19 nitrogen and oxygen atoms in total. The lowest BCUT2D eigenvalue weighted by molar-refractivity contribution is -0.143. The van der Waals surface area contributed by atoms with Crippen molar-refractivity contribution >= 4 is 37.6 Å². The van der Waals surface area contributed by atoms with Crippen LogP contribution in [0.5, 0.6) is 0 Å². The molecule has 1 fully saturated rings. The van der Waals surface area contributed by atoms with Crippen LogP contribution in [0.1, 0.15) is 11.3 Å². The maximum absolute atomic E-state index is 12.9. The molecule has 8 N–H and O–H groups in total. The number of aromatic amines is 1. The van der Waals surface area contributed by atoms with Gasteiger partial charge in [-0.05, 0) is 5.56 Å². The number of piperazine rings is 1. The second kappa shape index (κ2) is 18.7. The van der Waals surface area contributed by atoms with E-state index in [-0.39, 0.29) is 32.7 Å². The number of aliphatic carboxylic acids is 1. The third-order valence-electron chi connectivity index (χ3n) is 6.85. The van der Waals surface area contributed by atoms with Gasteiger partial charge >= 0.3 is 19.9 Å². The number of carbonyl (C=O) groups is 5. The van der Waals surface area contributed by atoms with Crippen molar-refractivity contribution in [2.24, 2.45) is 0 Å². The minimum Gasteiger partial charge on any atom is -0.480 e. The highest BCUT2D eigenvalue weighted by atomic mass is 31.2. The van der Waals surface area contributed by atoms with Crippen LogP contribution >= 0.6 is 7.82 Å². The summed E-state index contributed by atoms with van der Waals surface area (Å²) in [5, 5.41) is 19.1. The van der Waals surface area contributed by atoms with Crippen LogP contribution in [0.2, 0.25) is 0 Å². The maximum Gasteiger partial charge on any atom is 0.469 e. The van der Waals surface area contributed by atoms with E-state index in [4.69, 9.17) is 19.6 Å². The van der Waals surface area contributed by atoms with Crippen molar-refractivity contribution in [1.29, 1.82) is 0 Å². The van der Waals surface area contributed by atoms with Crippen molar-refractivity contribution in [1.82, 2.24) is 41.0 Å². The highest BCUT2D eigenvalue weighted by Crippen LogP contribution is 2.35. The van der Waals surface area contributed by atoms with Crippen molar-refractivity contribution in [2.45, 2.75) is 25.1 Å². The number of carboxylic acids is 1. The van der Waals surface area contributed by atoms with Gasteiger partial charge in [-0.3, -0.25) is 28.7 Å². The Bertz CT molecular complexity index is 1370. The average molecular weight is 683 g/mol. The van der Waals surface area contributed by atoms with Crippen molar-refractivity contribution in [3.8, 4) is 0 Å². The van der Waals surface area contributed by atoms with Crippen LogP contribution in [0.25, 0.3) is 0 Å². The lowest BCUT2D eigenvalue weighted by atomic mass is 10.1. The molecule has 0 unspecified atom stereocenters. The fourth-order valence-electron chi connectivity index (χ4n) is 4.40. The largest absolute Gasteiger partial charge is 0.480 e. The Morgan fingerprint density at radius 3 is 2.30 bits per heavy atom. The monoisotopic (exact) mass is 682 g/mol. The van der Waals surface area contributed by atoms with Gasteiger partial charge in [0.1, 0.15) is 12.6 Å². The van der Waals surface area contributed by atoms with Crippen LogP contribution in [0.3, 0.4) is 0 Å². The fourth-order valence-corrected chi connectivity index (χ4v) is 4.74. The van der Waals surface area contributed by atoms with Crippen LogP contribution in [0.4, 0.5) is 4.79 Å². The predicted octanol–water partition coefficient (Wildman–Crippen LogP) is -2.22. The van der Waals surface area contributed by atoms with Crippen LogP contribution in [-0.2, 0) is 46.0 Å². The molecule has 0 radical (unpaired) electrons. The van der Waals surface area contributed by atoms with E-state index in [1.165, 1.54) is 12.5 Å².